The fourth-order valence-electron chi connectivity index (χ4n) is 1.48. The van der Waals surface area contributed by atoms with Crippen molar-refractivity contribution in [1.82, 2.24) is 0 Å². The smallest absolute Gasteiger partial charge is 0.136 e. The molecule has 0 fully saturated rings. The van der Waals surface area contributed by atoms with Crippen molar-refractivity contribution >= 4 is 0 Å². The van der Waals surface area contributed by atoms with Crippen LogP contribution in [0.2, 0.25) is 0 Å². The van der Waals surface area contributed by atoms with Gasteiger partial charge in [0.2, 0.25) is 0 Å². The maximum atomic E-state index is 9.35. The molecular formula is C14H24NO2+. The average Bonchev–Trinajstić information content (AvgIpc) is 2.36. The molecule has 1 aromatic rings. The van der Waals surface area contributed by atoms with Crippen LogP contribution < -0.4 is 10.5 Å². The van der Waals surface area contributed by atoms with Gasteiger partial charge in [0.25, 0.3) is 0 Å². The zero-order valence-corrected chi connectivity index (χ0v) is 11.1. The summed E-state index contributed by atoms with van der Waals surface area (Å²) < 4.78 is 5.47. The molecule has 1 aromatic carbocycles. The van der Waals surface area contributed by atoms with Gasteiger partial charge < -0.3 is 15.6 Å². The van der Waals surface area contributed by atoms with Crippen molar-refractivity contribution < 1.29 is 15.6 Å². The Labute approximate surface area is 104 Å². The zero-order chi connectivity index (χ0) is 12.9. The van der Waals surface area contributed by atoms with Gasteiger partial charge in [-0.1, -0.05) is 32.9 Å². The van der Waals surface area contributed by atoms with Crippen molar-refractivity contribution in [3.8, 4) is 5.75 Å². The minimum atomic E-state index is -0.484. The third kappa shape index (κ3) is 4.02. The lowest BCUT2D eigenvalue weighted by atomic mass is 9.82. The first-order valence-corrected chi connectivity index (χ1v) is 6.20. The Morgan fingerprint density at radius 2 is 1.88 bits per heavy atom. The first kappa shape index (κ1) is 14.0. The number of hydrogen-bond acceptors (Lipinski definition) is 2. The van der Waals surface area contributed by atoms with Crippen molar-refractivity contribution in [3.05, 3.63) is 29.8 Å². The summed E-state index contributed by atoms with van der Waals surface area (Å²) in [7, 11) is 0. The summed E-state index contributed by atoms with van der Waals surface area (Å²) in [5, 5.41) is 9.35. The van der Waals surface area contributed by atoms with Gasteiger partial charge in [-0.05, 0) is 29.5 Å². The highest BCUT2D eigenvalue weighted by molar-refractivity contribution is 5.31. The summed E-state index contributed by atoms with van der Waals surface area (Å²) in [5.41, 5.74) is 5.14. The Balaban J connectivity index is 2.62. The molecule has 0 aliphatic heterocycles. The molecule has 0 aliphatic carbocycles. The van der Waals surface area contributed by atoms with Gasteiger partial charge in [0, 0.05) is 0 Å². The molecule has 96 valence electrons. The van der Waals surface area contributed by atoms with Crippen molar-refractivity contribution in [2.24, 2.45) is 0 Å². The summed E-state index contributed by atoms with van der Waals surface area (Å²) in [5.74, 6) is 0.799. The van der Waals surface area contributed by atoms with Gasteiger partial charge in [0.1, 0.15) is 25.0 Å². The second-order valence-electron chi connectivity index (χ2n) is 5.02. The fourth-order valence-corrected chi connectivity index (χ4v) is 1.48. The first-order chi connectivity index (χ1) is 7.99. The Hall–Kier alpha value is -1.06. The van der Waals surface area contributed by atoms with Gasteiger partial charge in [-0.3, -0.25) is 0 Å². The van der Waals surface area contributed by atoms with Crippen molar-refractivity contribution in [1.29, 1.82) is 0 Å². The molecule has 0 heterocycles. The molecule has 0 bridgehead atoms. The number of benzene rings is 1. The molecule has 0 aliphatic rings. The van der Waals surface area contributed by atoms with Gasteiger partial charge in [-0.15, -0.1) is 0 Å². The van der Waals surface area contributed by atoms with E-state index in [9.17, 15) is 5.11 Å². The predicted octanol–water partition coefficient (Wildman–Crippen LogP) is 1.36. The Morgan fingerprint density at radius 1 is 1.29 bits per heavy atom. The molecule has 0 spiro atoms. The number of rotatable bonds is 6. The molecule has 1 rings (SSSR count). The predicted molar refractivity (Wildman–Crippen MR) is 69.0 cm³/mol. The van der Waals surface area contributed by atoms with E-state index in [4.69, 9.17) is 4.74 Å². The molecule has 3 heteroatoms. The van der Waals surface area contributed by atoms with E-state index in [2.05, 4.69) is 38.6 Å². The third-order valence-electron chi connectivity index (χ3n) is 3.30. The van der Waals surface area contributed by atoms with Crippen LogP contribution in [0.4, 0.5) is 0 Å². The molecule has 1 atom stereocenters. The molecule has 0 aromatic heterocycles. The van der Waals surface area contributed by atoms with Crippen LogP contribution in [0.25, 0.3) is 0 Å². The molecule has 4 N–H and O–H groups in total. The van der Waals surface area contributed by atoms with Crippen LogP contribution in [0.15, 0.2) is 24.3 Å². The van der Waals surface area contributed by atoms with Crippen LogP contribution in [0, 0.1) is 0 Å². The van der Waals surface area contributed by atoms with Crippen LogP contribution in [0.1, 0.15) is 32.8 Å². The van der Waals surface area contributed by atoms with Gasteiger partial charge in [-0.2, -0.15) is 0 Å². The maximum Gasteiger partial charge on any atom is 0.136 e. The third-order valence-corrected chi connectivity index (χ3v) is 3.30. The van der Waals surface area contributed by atoms with Gasteiger partial charge in [0.15, 0.2) is 0 Å². The molecule has 0 radical (unpaired) electrons. The topological polar surface area (TPSA) is 57.1 Å². The summed E-state index contributed by atoms with van der Waals surface area (Å²) in [6, 6.07) is 8.11. The number of aliphatic hydroxyl groups is 1. The molecular weight excluding hydrogens is 214 g/mol. The van der Waals surface area contributed by atoms with Crippen LogP contribution in [0.5, 0.6) is 5.75 Å². The molecule has 0 saturated carbocycles. The fraction of sp³-hybridized carbons (Fsp3) is 0.571. The first-order valence-electron chi connectivity index (χ1n) is 6.20. The van der Waals surface area contributed by atoms with E-state index in [0.717, 1.165) is 12.2 Å². The largest absolute Gasteiger partial charge is 0.491 e. The van der Waals surface area contributed by atoms with E-state index >= 15 is 0 Å². The van der Waals surface area contributed by atoms with E-state index in [1.165, 1.54) is 5.56 Å². The second-order valence-corrected chi connectivity index (χ2v) is 5.02. The number of aliphatic hydroxyl groups excluding tert-OH is 1. The van der Waals surface area contributed by atoms with E-state index in [1.54, 1.807) is 0 Å². The molecule has 0 saturated heterocycles. The standard InChI is InChI=1S/C14H23NO2/c1-4-14(2,3)11-5-7-13(8-6-11)17-10-12(16)9-15/h5-8,12,16H,4,9-10,15H2,1-3H3/p+1/t12-/m1/s1. The van der Waals surface area contributed by atoms with Crippen molar-refractivity contribution in [2.75, 3.05) is 13.2 Å². The number of ether oxygens (including phenoxy) is 1. The van der Waals surface area contributed by atoms with Gasteiger partial charge in [0.05, 0.1) is 0 Å². The van der Waals surface area contributed by atoms with E-state index in [0.29, 0.717) is 13.2 Å². The minimum Gasteiger partial charge on any atom is -0.491 e. The van der Waals surface area contributed by atoms with Crippen LogP contribution in [0.3, 0.4) is 0 Å². The van der Waals surface area contributed by atoms with Crippen LogP contribution in [-0.2, 0) is 5.41 Å². The summed E-state index contributed by atoms with van der Waals surface area (Å²) >= 11 is 0. The van der Waals surface area contributed by atoms with E-state index in [1.807, 2.05) is 12.1 Å². The highest BCUT2D eigenvalue weighted by Gasteiger charge is 2.17. The van der Waals surface area contributed by atoms with Crippen molar-refractivity contribution in [2.45, 2.75) is 38.7 Å². The molecule has 17 heavy (non-hydrogen) atoms. The summed E-state index contributed by atoms with van der Waals surface area (Å²) in [6.45, 7) is 7.43. The lowest BCUT2D eigenvalue weighted by Gasteiger charge is -2.23. The van der Waals surface area contributed by atoms with E-state index < -0.39 is 6.10 Å². The normalized spacial score (nSPS) is 13.5. The summed E-state index contributed by atoms with van der Waals surface area (Å²) in [6.07, 6.45) is 0.620. The van der Waals surface area contributed by atoms with Gasteiger partial charge >= 0.3 is 0 Å². The van der Waals surface area contributed by atoms with Crippen LogP contribution >= 0.6 is 0 Å². The SMILES string of the molecule is CCC(C)(C)c1ccc(OC[C@H](O)C[NH3+])cc1. The lowest BCUT2D eigenvalue weighted by Crippen LogP contribution is -2.56. The maximum absolute atomic E-state index is 9.35. The zero-order valence-electron chi connectivity index (χ0n) is 11.1. The molecule has 3 nitrogen and oxygen atoms in total. The monoisotopic (exact) mass is 238 g/mol. The van der Waals surface area contributed by atoms with Crippen molar-refractivity contribution in [3.63, 3.8) is 0 Å². The molecule has 0 unspecified atom stereocenters. The second kappa shape index (κ2) is 6.03. The van der Waals surface area contributed by atoms with Gasteiger partial charge in [-0.25, -0.2) is 0 Å². The highest BCUT2D eigenvalue weighted by atomic mass is 16.5. The highest BCUT2D eigenvalue weighted by Crippen LogP contribution is 2.27. The Kier molecular flexibility index (Phi) is 4.97. The summed E-state index contributed by atoms with van der Waals surface area (Å²) in [4.78, 5) is 0. The van der Waals surface area contributed by atoms with Crippen LogP contribution in [-0.4, -0.2) is 24.4 Å². The Morgan fingerprint density at radius 3 is 2.35 bits per heavy atom. The number of hydrogen-bond donors (Lipinski definition) is 2. The Bertz CT molecular complexity index is 333. The number of quaternary nitrogens is 1. The van der Waals surface area contributed by atoms with E-state index in [-0.39, 0.29) is 5.41 Å². The minimum absolute atomic E-state index is 0.200. The molecule has 0 amide bonds. The average molecular weight is 238 g/mol. The quantitative estimate of drug-likeness (QED) is 0.786. The lowest BCUT2D eigenvalue weighted by molar-refractivity contribution is -0.384.